The van der Waals surface area contributed by atoms with Crippen LogP contribution in [0.5, 0.6) is 0 Å². The van der Waals surface area contributed by atoms with E-state index < -0.39 is 5.97 Å². The monoisotopic (exact) mass is 359 g/mol. The van der Waals surface area contributed by atoms with Crippen molar-refractivity contribution < 1.29 is 19.4 Å². The molecule has 1 heterocycles. The fourth-order valence-electron chi connectivity index (χ4n) is 2.50. The maximum atomic E-state index is 12.2. The molecule has 0 spiro atoms. The van der Waals surface area contributed by atoms with Crippen LogP contribution in [0.1, 0.15) is 37.4 Å². The lowest BCUT2D eigenvalue weighted by Crippen LogP contribution is -2.42. The summed E-state index contributed by atoms with van der Waals surface area (Å²) in [7, 11) is 0. The van der Waals surface area contributed by atoms with Crippen molar-refractivity contribution >= 4 is 35.1 Å². The summed E-state index contributed by atoms with van der Waals surface area (Å²) >= 11 is 11.9. The number of ether oxygens (including phenoxy) is 1. The molecule has 2 rings (SSSR count). The second-order valence-corrected chi connectivity index (χ2v) is 6.29. The van der Waals surface area contributed by atoms with E-state index in [1.54, 1.807) is 17.0 Å². The number of carbonyl (C=O) groups excluding carboxylic acids is 1. The summed E-state index contributed by atoms with van der Waals surface area (Å²) in [6.07, 6.45) is 1.34. The van der Waals surface area contributed by atoms with E-state index in [0.717, 1.165) is 5.56 Å². The molecule has 1 aromatic rings. The quantitative estimate of drug-likeness (QED) is 0.788. The molecule has 1 saturated heterocycles. The number of unbranched alkanes of at least 4 members (excludes halogenated alkanes) is 1. The number of rotatable bonds is 6. The van der Waals surface area contributed by atoms with Crippen LogP contribution < -0.4 is 0 Å². The lowest BCUT2D eigenvalue weighted by Gasteiger charge is -2.33. The average molecular weight is 360 g/mol. The highest BCUT2D eigenvalue weighted by Crippen LogP contribution is 2.29. The molecule has 1 unspecified atom stereocenters. The Labute approximate surface area is 145 Å². The number of aliphatic carboxylic acids is 1. The normalized spacial score (nSPS) is 18.0. The molecule has 1 N–H and O–H groups in total. The van der Waals surface area contributed by atoms with Gasteiger partial charge >= 0.3 is 5.97 Å². The summed E-state index contributed by atoms with van der Waals surface area (Å²) in [5, 5.41) is 9.54. The predicted octanol–water partition coefficient (Wildman–Crippen LogP) is 3.54. The second-order valence-electron chi connectivity index (χ2n) is 5.47. The van der Waals surface area contributed by atoms with Gasteiger partial charge < -0.3 is 14.7 Å². The fourth-order valence-corrected chi connectivity index (χ4v) is 2.81. The Morgan fingerprint density at radius 1 is 1.22 bits per heavy atom. The first kappa shape index (κ1) is 18.0. The van der Waals surface area contributed by atoms with Crippen LogP contribution in [-0.4, -0.2) is 41.6 Å². The third kappa shape index (κ3) is 5.37. The summed E-state index contributed by atoms with van der Waals surface area (Å²) in [5.74, 6) is -0.799. The summed E-state index contributed by atoms with van der Waals surface area (Å²) in [6.45, 7) is 1.48. The summed E-state index contributed by atoms with van der Waals surface area (Å²) in [5.41, 5.74) is 0.891. The van der Waals surface area contributed by atoms with Crippen molar-refractivity contribution in [1.29, 1.82) is 0 Å². The first-order valence-electron chi connectivity index (χ1n) is 7.53. The molecule has 7 heteroatoms. The van der Waals surface area contributed by atoms with Gasteiger partial charge in [-0.05, 0) is 30.5 Å². The summed E-state index contributed by atoms with van der Waals surface area (Å²) in [4.78, 5) is 24.4. The smallest absolute Gasteiger partial charge is 0.303 e. The minimum absolute atomic E-state index is 0.0312. The van der Waals surface area contributed by atoms with Crippen molar-refractivity contribution in [2.24, 2.45) is 0 Å². The van der Waals surface area contributed by atoms with Gasteiger partial charge in [0, 0.05) is 19.4 Å². The average Bonchev–Trinajstić information content (AvgIpc) is 2.54. The van der Waals surface area contributed by atoms with E-state index in [1.165, 1.54) is 0 Å². The molecule has 1 amide bonds. The Morgan fingerprint density at radius 2 is 1.96 bits per heavy atom. The van der Waals surface area contributed by atoms with E-state index in [0.29, 0.717) is 49.0 Å². The van der Waals surface area contributed by atoms with Gasteiger partial charge in [0.05, 0.1) is 23.2 Å². The van der Waals surface area contributed by atoms with Gasteiger partial charge in [0.2, 0.25) is 5.91 Å². The van der Waals surface area contributed by atoms with Gasteiger partial charge in [-0.25, -0.2) is 0 Å². The van der Waals surface area contributed by atoms with Crippen molar-refractivity contribution in [1.82, 2.24) is 4.90 Å². The van der Waals surface area contributed by atoms with Crippen molar-refractivity contribution in [3.63, 3.8) is 0 Å². The molecule has 0 saturated carbocycles. The second kappa shape index (κ2) is 8.52. The molecule has 0 aliphatic carbocycles. The van der Waals surface area contributed by atoms with Crippen LogP contribution in [0.15, 0.2) is 18.2 Å². The van der Waals surface area contributed by atoms with Gasteiger partial charge in [0.1, 0.15) is 6.10 Å². The van der Waals surface area contributed by atoms with Gasteiger partial charge in [-0.15, -0.1) is 0 Å². The van der Waals surface area contributed by atoms with E-state index in [1.807, 2.05) is 6.07 Å². The SMILES string of the molecule is O=C(O)CCCCC(=O)N1CCOC(c2ccc(Cl)c(Cl)c2)C1. The lowest BCUT2D eigenvalue weighted by atomic mass is 10.1. The van der Waals surface area contributed by atoms with E-state index in [4.69, 9.17) is 33.0 Å². The highest BCUT2D eigenvalue weighted by Gasteiger charge is 2.25. The van der Waals surface area contributed by atoms with Crippen LogP contribution in [0.2, 0.25) is 10.0 Å². The maximum absolute atomic E-state index is 12.2. The Morgan fingerprint density at radius 3 is 2.65 bits per heavy atom. The van der Waals surface area contributed by atoms with Gasteiger partial charge in [-0.1, -0.05) is 29.3 Å². The zero-order valence-corrected chi connectivity index (χ0v) is 14.1. The molecule has 1 aliphatic rings. The number of carboxylic acids is 1. The molecule has 0 radical (unpaired) electrons. The standard InChI is InChI=1S/C16H19Cl2NO4/c17-12-6-5-11(9-13(12)18)14-10-19(7-8-23-14)15(20)3-1-2-4-16(21)22/h5-6,9,14H,1-4,7-8,10H2,(H,21,22). The fraction of sp³-hybridized carbons (Fsp3) is 0.500. The molecule has 126 valence electrons. The highest BCUT2D eigenvalue weighted by molar-refractivity contribution is 6.42. The molecule has 1 aliphatic heterocycles. The Bertz CT molecular complexity index is 579. The largest absolute Gasteiger partial charge is 0.481 e. The molecule has 1 fully saturated rings. The summed E-state index contributed by atoms with van der Waals surface area (Å²) in [6, 6.07) is 5.32. The molecular formula is C16H19Cl2NO4. The third-order valence-corrected chi connectivity index (χ3v) is 4.50. The molecule has 1 atom stereocenters. The van der Waals surface area contributed by atoms with Crippen LogP contribution in [0.25, 0.3) is 0 Å². The van der Waals surface area contributed by atoms with E-state index in [-0.39, 0.29) is 18.4 Å². The Balaban J connectivity index is 1.88. The first-order valence-corrected chi connectivity index (χ1v) is 8.29. The number of amides is 1. The number of carboxylic acid groups (broad SMARTS) is 1. The Kier molecular flexibility index (Phi) is 6.69. The van der Waals surface area contributed by atoms with Crippen molar-refractivity contribution in [3.05, 3.63) is 33.8 Å². The van der Waals surface area contributed by atoms with Crippen molar-refractivity contribution in [2.45, 2.75) is 31.8 Å². The maximum Gasteiger partial charge on any atom is 0.303 e. The lowest BCUT2D eigenvalue weighted by molar-refractivity contribution is -0.140. The molecule has 5 nitrogen and oxygen atoms in total. The zero-order valence-electron chi connectivity index (χ0n) is 12.6. The summed E-state index contributed by atoms with van der Waals surface area (Å²) < 4.78 is 5.72. The van der Waals surface area contributed by atoms with Gasteiger partial charge in [0.25, 0.3) is 0 Å². The zero-order chi connectivity index (χ0) is 16.8. The number of carbonyl (C=O) groups is 2. The molecule has 0 aromatic heterocycles. The molecule has 23 heavy (non-hydrogen) atoms. The minimum Gasteiger partial charge on any atom is -0.481 e. The topological polar surface area (TPSA) is 66.8 Å². The van der Waals surface area contributed by atoms with E-state index >= 15 is 0 Å². The van der Waals surface area contributed by atoms with Gasteiger partial charge in [-0.2, -0.15) is 0 Å². The van der Waals surface area contributed by atoms with Crippen LogP contribution in [0.3, 0.4) is 0 Å². The Hall–Kier alpha value is -1.30. The molecule has 0 bridgehead atoms. The van der Waals surface area contributed by atoms with Crippen molar-refractivity contribution in [3.8, 4) is 0 Å². The number of halogens is 2. The predicted molar refractivity (Wildman–Crippen MR) is 87.8 cm³/mol. The van der Waals surface area contributed by atoms with Crippen LogP contribution in [-0.2, 0) is 14.3 Å². The van der Waals surface area contributed by atoms with Crippen LogP contribution >= 0.6 is 23.2 Å². The number of morpholine rings is 1. The number of benzene rings is 1. The highest BCUT2D eigenvalue weighted by atomic mass is 35.5. The third-order valence-electron chi connectivity index (χ3n) is 3.77. The number of hydrogen-bond acceptors (Lipinski definition) is 3. The van der Waals surface area contributed by atoms with Crippen LogP contribution in [0, 0.1) is 0 Å². The van der Waals surface area contributed by atoms with E-state index in [9.17, 15) is 9.59 Å². The van der Waals surface area contributed by atoms with Gasteiger partial charge in [0.15, 0.2) is 0 Å². The molecule has 1 aromatic carbocycles. The number of nitrogens with zero attached hydrogens (tertiary/aromatic N) is 1. The minimum atomic E-state index is -0.830. The molecular weight excluding hydrogens is 341 g/mol. The van der Waals surface area contributed by atoms with Crippen molar-refractivity contribution in [2.75, 3.05) is 19.7 Å². The number of hydrogen-bond donors (Lipinski definition) is 1. The van der Waals surface area contributed by atoms with E-state index in [2.05, 4.69) is 0 Å². The van der Waals surface area contributed by atoms with Crippen LogP contribution in [0.4, 0.5) is 0 Å². The van der Waals surface area contributed by atoms with Gasteiger partial charge in [-0.3, -0.25) is 9.59 Å². The first-order chi connectivity index (χ1) is 11.0.